The number of likely N-dealkylation sites (tertiary alicyclic amines) is 1. The van der Waals surface area contributed by atoms with Gasteiger partial charge in [0.1, 0.15) is 17.1 Å². The third-order valence-electron chi connectivity index (χ3n) is 7.19. The highest BCUT2D eigenvalue weighted by Gasteiger charge is 2.43. The predicted octanol–water partition coefficient (Wildman–Crippen LogP) is 4.18. The van der Waals surface area contributed by atoms with Gasteiger partial charge in [-0.05, 0) is 57.0 Å². The number of aromatic amines is 1. The van der Waals surface area contributed by atoms with Gasteiger partial charge in [0.15, 0.2) is 0 Å². The Kier molecular flexibility index (Phi) is 5.40. The second-order valence-electron chi connectivity index (χ2n) is 9.44. The Morgan fingerprint density at radius 3 is 2.72 bits per heavy atom. The fraction of sp³-hybridized carbons (Fsp3) is 0.462. The minimum absolute atomic E-state index is 0.326. The summed E-state index contributed by atoms with van der Waals surface area (Å²) in [5, 5.41) is 22.9. The zero-order valence-electron chi connectivity index (χ0n) is 19.0. The van der Waals surface area contributed by atoms with Crippen LogP contribution < -0.4 is 9.47 Å². The van der Waals surface area contributed by atoms with Gasteiger partial charge < -0.3 is 29.6 Å². The highest BCUT2D eigenvalue weighted by Crippen LogP contribution is 2.44. The normalized spacial score (nSPS) is 21.3. The Morgan fingerprint density at radius 1 is 1.19 bits per heavy atom. The molecule has 5 rings (SSSR count). The van der Waals surface area contributed by atoms with Crippen molar-refractivity contribution in [2.24, 2.45) is 0 Å². The molecule has 3 aromatic rings. The molecular weight excluding hydrogens is 404 g/mol. The summed E-state index contributed by atoms with van der Waals surface area (Å²) in [6.07, 6.45) is 1.22. The molecule has 0 radical (unpaired) electrons. The summed E-state index contributed by atoms with van der Waals surface area (Å²) < 4.78 is 11.8. The van der Waals surface area contributed by atoms with Crippen LogP contribution in [0.15, 0.2) is 36.4 Å². The van der Waals surface area contributed by atoms with Crippen molar-refractivity contribution in [3.05, 3.63) is 58.8 Å². The summed E-state index contributed by atoms with van der Waals surface area (Å²) in [6.45, 7) is 6.27. The number of aliphatic hydroxyl groups excluding tert-OH is 2. The van der Waals surface area contributed by atoms with Crippen molar-refractivity contribution in [3.8, 4) is 11.5 Å². The smallest absolute Gasteiger partial charge is 0.125 e. The number of fused-ring (bicyclic) bond motifs is 2. The molecule has 3 heterocycles. The summed E-state index contributed by atoms with van der Waals surface area (Å²) >= 11 is 0. The van der Waals surface area contributed by atoms with Gasteiger partial charge in [-0.15, -0.1) is 0 Å². The lowest BCUT2D eigenvalue weighted by atomic mass is 9.81. The number of benzene rings is 2. The van der Waals surface area contributed by atoms with Crippen molar-refractivity contribution in [2.45, 2.75) is 50.9 Å². The van der Waals surface area contributed by atoms with Gasteiger partial charge in [0.2, 0.25) is 0 Å². The second kappa shape index (κ2) is 8.10. The van der Waals surface area contributed by atoms with Gasteiger partial charge in [-0.25, -0.2) is 0 Å². The Labute approximate surface area is 188 Å². The maximum Gasteiger partial charge on any atom is 0.125 e. The molecule has 0 saturated carbocycles. The Balaban J connectivity index is 1.28. The minimum Gasteiger partial charge on any atom is -0.497 e. The van der Waals surface area contributed by atoms with Crippen LogP contribution in [-0.2, 0) is 0 Å². The highest BCUT2D eigenvalue weighted by molar-refractivity contribution is 5.86. The number of piperidine rings is 1. The number of ether oxygens (including phenoxy) is 2. The van der Waals surface area contributed by atoms with E-state index in [2.05, 4.69) is 9.88 Å². The Bertz CT molecular complexity index is 1130. The molecule has 0 bridgehead atoms. The molecule has 2 aliphatic heterocycles. The van der Waals surface area contributed by atoms with Gasteiger partial charge in [-0.1, -0.05) is 11.6 Å². The number of rotatable bonds is 4. The monoisotopic (exact) mass is 436 g/mol. The summed E-state index contributed by atoms with van der Waals surface area (Å²) in [5.41, 5.74) is 4.64. The molecule has 2 atom stereocenters. The van der Waals surface area contributed by atoms with Crippen molar-refractivity contribution >= 4 is 10.9 Å². The van der Waals surface area contributed by atoms with Crippen LogP contribution in [0.2, 0.25) is 0 Å². The maximum absolute atomic E-state index is 11.1. The van der Waals surface area contributed by atoms with E-state index in [4.69, 9.17) is 9.47 Å². The van der Waals surface area contributed by atoms with Crippen LogP contribution in [-0.4, -0.2) is 52.4 Å². The first-order valence-electron chi connectivity index (χ1n) is 11.4. The van der Waals surface area contributed by atoms with E-state index in [1.165, 1.54) is 0 Å². The first-order chi connectivity index (χ1) is 15.4. The summed E-state index contributed by atoms with van der Waals surface area (Å²) in [6, 6.07) is 12.0. The lowest BCUT2D eigenvalue weighted by molar-refractivity contribution is -0.0587. The zero-order valence-corrected chi connectivity index (χ0v) is 19.0. The number of aryl methyl sites for hydroxylation is 2. The summed E-state index contributed by atoms with van der Waals surface area (Å²) in [5.74, 6) is 1.60. The maximum atomic E-state index is 11.1. The molecule has 1 spiro atoms. The molecule has 6 heteroatoms. The topological polar surface area (TPSA) is 78.0 Å². The van der Waals surface area contributed by atoms with Crippen LogP contribution in [0.3, 0.4) is 0 Å². The number of H-pyrrole nitrogens is 1. The van der Waals surface area contributed by atoms with Gasteiger partial charge in [0.05, 0.1) is 19.3 Å². The molecule has 0 aliphatic carbocycles. The lowest BCUT2D eigenvalue weighted by Gasteiger charge is -2.46. The molecule has 1 fully saturated rings. The molecule has 32 heavy (non-hydrogen) atoms. The zero-order chi connectivity index (χ0) is 22.5. The minimum atomic E-state index is -0.591. The number of β-amino-alcohol motifs (C(OH)–C–C–N with tert-alkyl or cyclic N) is 1. The van der Waals surface area contributed by atoms with Gasteiger partial charge in [0.25, 0.3) is 0 Å². The SMILES string of the molecule is COc1ccc2[nH]c(C)c([C@H](O)CN3CCC4(CC3)C[C@@H](O)c3cc(C)ccc3O4)c2c1. The van der Waals surface area contributed by atoms with Crippen molar-refractivity contribution in [1.82, 2.24) is 9.88 Å². The van der Waals surface area contributed by atoms with E-state index in [9.17, 15) is 10.2 Å². The van der Waals surface area contributed by atoms with E-state index in [0.29, 0.717) is 13.0 Å². The van der Waals surface area contributed by atoms with Crippen molar-refractivity contribution in [1.29, 1.82) is 0 Å². The van der Waals surface area contributed by atoms with Crippen molar-refractivity contribution in [2.75, 3.05) is 26.7 Å². The van der Waals surface area contributed by atoms with Crippen LogP contribution in [0.25, 0.3) is 10.9 Å². The first-order valence-corrected chi connectivity index (χ1v) is 11.4. The molecule has 170 valence electrons. The molecule has 6 nitrogen and oxygen atoms in total. The standard InChI is InChI=1S/C26H32N2O4/c1-16-4-7-24-20(12-16)22(29)14-26(32-24)8-10-28(11-9-26)15-23(30)25-17(2)27-21-6-5-18(31-3)13-19(21)25/h4-7,12-13,22-23,27,29-30H,8-11,14-15H2,1-3H3/t22-,23-/m1/s1. The van der Waals surface area contributed by atoms with Gasteiger partial charge >= 0.3 is 0 Å². The van der Waals surface area contributed by atoms with E-state index in [0.717, 1.165) is 70.7 Å². The molecular formula is C26H32N2O4. The fourth-order valence-electron chi connectivity index (χ4n) is 5.43. The van der Waals surface area contributed by atoms with Gasteiger partial charge in [-0.2, -0.15) is 0 Å². The number of aliphatic hydroxyl groups is 2. The van der Waals surface area contributed by atoms with Crippen LogP contribution in [0.5, 0.6) is 11.5 Å². The van der Waals surface area contributed by atoms with Crippen molar-refractivity contribution < 1.29 is 19.7 Å². The molecule has 1 aromatic heterocycles. The van der Waals surface area contributed by atoms with E-state index < -0.39 is 12.2 Å². The van der Waals surface area contributed by atoms with E-state index >= 15 is 0 Å². The van der Waals surface area contributed by atoms with Crippen LogP contribution in [0, 0.1) is 13.8 Å². The quantitative estimate of drug-likeness (QED) is 0.572. The van der Waals surface area contributed by atoms with E-state index in [-0.39, 0.29) is 5.60 Å². The number of nitrogens with one attached hydrogen (secondary N) is 1. The fourth-order valence-corrected chi connectivity index (χ4v) is 5.43. The lowest BCUT2D eigenvalue weighted by Crippen LogP contribution is -2.51. The number of methoxy groups -OCH3 is 1. The average Bonchev–Trinajstić information content (AvgIpc) is 3.11. The summed E-state index contributed by atoms with van der Waals surface area (Å²) in [4.78, 5) is 5.68. The van der Waals surface area contributed by atoms with E-state index in [1.54, 1.807) is 7.11 Å². The Hall–Kier alpha value is -2.54. The highest BCUT2D eigenvalue weighted by atomic mass is 16.5. The molecule has 3 N–H and O–H groups in total. The molecule has 0 amide bonds. The molecule has 2 aromatic carbocycles. The third-order valence-corrected chi connectivity index (χ3v) is 7.19. The molecule has 2 aliphatic rings. The number of hydrogen-bond donors (Lipinski definition) is 3. The molecule has 0 unspecified atom stereocenters. The predicted molar refractivity (Wildman–Crippen MR) is 124 cm³/mol. The summed E-state index contributed by atoms with van der Waals surface area (Å²) in [7, 11) is 1.66. The number of hydrogen-bond acceptors (Lipinski definition) is 5. The van der Waals surface area contributed by atoms with Crippen LogP contribution in [0.4, 0.5) is 0 Å². The first kappa shape index (κ1) is 21.3. The molecule has 1 saturated heterocycles. The number of aromatic nitrogens is 1. The van der Waals surface area contributed by atoms with Crippen molar-refractivity contribution in [3.63, 3.8) is 0 Å². The van der Waals surface area contributed by atoms with E-state index in [1.807, 2.05) is 50.2 Å². The van der Waals surface area contributed by atoms with Crippen LogP contribution in [0.1, 0.15) is 53.9 Å². The van der Waals surface area contributed by atoms with Gasteiger partial charge in [-0.3, -0.25) is 0 Å². The van der Waals surface area contributed by atoms with Gasteiger partial charge in [0, 0.05) is 53.8 Å². The third kappa shape index (κ3) is 3.76. The Morgan fingerprint density at radius 2 is 1.97 bits per heavy atom. The second-order valence-corrected chi connectivity index (χ2v) is 9.44. The number of nitrogens with zero attached hydrogens (tertiary/aromatic N) is 1. The van der Waals surface area contributed by atoms with Crippen LogP contribution >= 0.6 is 0 Å². The average molecular weight is 437 g/mol. The largest absolute Gasteiger partial charge is 0.497 e.